The first kappa shape index (κ1) is 19.5. The fourth-order valence-corrected chi connectivity index (χ4v) is 5.51. The van der Waals surface area contributed by atoms with Crippen molar-refractivity contribution in [1.29, 1.82) is 0 Å². The molecule has 2 aromatic carbocycles. The van der Waals surface area contributed by atoms with E-state index in [-0.39, 0.29) is 6.10 Å². The highest BCUT2D eigenvalue weighted by Crippen LogP contribution is 2.43. The molecule has 1 aromatic heterocycles. The molecule has 3 heterocycles. The smallest absolute Gasteiger partial charge is 0.203 e. The van der Waals surface area contributed by atoms with Crippen LogP contribution >= 0.6 is 11.3 Å². The zero-order valence-corrected chi connectivity index (χ0v) is 18.2. The van der Waals surface area contributed by atoms with E-state index in [1.165, 1.54) is 4.70 Å². The number of methoxy groups -OCH3 is 1. The molecule has 6 nitrogen and oxygen atoms in total. The molecule has 2 aliphatic heterocycles. The van der Waals surface area contributed by atoms with Crippen molar-refractivity contribution in [2.24, 2.45) is 11.7 Å². The van der Waals surface area contributed by atoms with Crippen LogP contribution in [0.3, 0.4) is 0 Å². The van der Waals surface area contributed by atoms with Gasteiger partial charge in [0.05, 0.1) is 22.9 Å². The maximum Gasteiger partial charge on any atom is 0.203 e. The van der Waals surface area contributed by atoms with Crippen LogP contribution in [0.5, 0.6) is 17.2 Å². The topological polar surface area (TPSA) is 69.8 Å². The number of rotatable bonds is 4. The molecule has 5 rings (SSSR count). The number of anilines is 1. The lowest BCUT2D eigenvalue weighted by Crippen LogP contribution is -2.61. The third kappa shape index (κ3) is 3.36. The molecule has 0 radical (unpaired) electrons. The number of nitrogens with two attached hydrogens (primary N) is 1. The van der Waals surface area contributed by atoms with Crippen molar-refractivity contribution in [3.05, 3.63) is 42.5 Å². The lowest BCUT2D eigenvalue weighted by atomic mass is 9.76. The Labute approximate surface area is 180 Å². The summed E-state index contributed by atoms with van der Waals surface area (Å²) in [6.07, 6.45) is 1.82. The Morgan fingerprint density at radius 3 is 2.73 bits per heavy atom. The molecule has 158 valence electrons. The second-order valence-electron chi connectivity index (χ2n) is 8.30. The molecule has 0 spiro atoms. The van der Waals surface area contributed by atoms with Crippen molar-refractivity contribution >= 4 is 26.7 Å². The average molecular weight is 426 g/mol. The summed E-state index contributed by atoms with van der Waals surface area (Å²) in [6, 6.07) is 14.0. The van der Waals surface area contributed by atoms with E-state index in [1.807, 2.05) is 24.3 Å². The summed E-state index contributed by atoms with van der Waals surface area (Å²) >= 11 is 1.76. The second-order valence-corrected chi connectivity index (χ2v) is 9.31. The van der Waals surface area contributed by atoms with E-state index in [4.69, 9.17) is 24.9 Å². The summed E-state index contributed by atoms with van der Waals surface area (Å²) in [5.41, 5.74) is 7.46. The van der Waals surface area contributed by atoms with Crippen molar-refractivity contribution in [2.75, 3.05) is 31.7 Å². The predicted octanol–water partition coefficient (Wildman–Crippen LogP) is 4.08. The van der Waals surface area contributed by atoms with Crippen LogP contribution in [0.4, 0.5) is 5.13 Å². The first-order chi connectivity index (χ1) is 14.6. The molecule has 30 heavy (non-hydrogen) atoms. The summed E-state index contributed by atoms with van der Waals surface area (Å²) in [4.78, 5) is 7.20. The molecule has 0 aliphatic carbocycles. The van der Waals surface area contributed by atoms with Crippen LogP contribution < -0.4 is 24.8 Å². The van der Waals surface area contributed by atoms with Gasteiger partial charge in [-0.3, -0.25) is 0 Å². The normalized spacial score (nSPS) is 21.4. The maximum absolute atomic E-state index is 6.87. The van der Waals surface area contributed by atoms with Gasteiger partial charge in [0.1, 0.15) is 6.61 Å². The Balaban J connectivity index is 1.27. The largest absolute Gasteiger partial charge is 0.493 e. The number of thiazole rings is 1. The number of aromatic nitrogens is 1. The first-order valence-electron chi connectivity index (χ1n) is 10.4. The van der Waals surface area contributed by atoms with Gasteiger partial charge in [0.15, 0.2) is 22.7 Å². The van der Waals surface area contributed by atoms with Crippen molar-refractivity contribution in [3.63, 3.8) is 0 Å². The van der Waals surface area contributed by atoms with E-state index < -0.39 is 5.54 Å². The first-order valence-corrected chi connectivity index (χ1v) is 11.2. The molecular formula is C23H27N3O3S. The van der Waals surface area contributed by atoms with Gasteiger partial charge >= 0.3 is 0 Å². The summed E-state index contributed by atoms with van der Waals surface area (Å²) in [7, 11) is 1.64. The zero-order valence-electron chi connectivity index (χ0n) is 17.3. The van der Waals surface area contributed by atoms with E-state index in [2.05, 4.69) is 30.0 Å². The van der Waals surface area contributed by atoms with Crippen molar-refractivity contribution < 1.29 is 14.2 Å². The van der Waals surface area contributed by atoms with Crippen molar-refractivity contribution in [2.45, 2.75) is 31.4 Å². The highest BCUT2D eigenvalue weighted by atomic mass is 32.1. The molecule has 0 bridgehead atoms. The van der Waals surface area contributed by atoms with Crippen LogP contribution in [-0.4, -0.2) is 43.4 Å². The van der Waals surface area contributed by atoms with Gasteiger partial charge in [-0.25, -0.2) is 4.98 Å². The molecule has 2 atom stereocenters. The fourth-order valence-electron chi connectivity index (χ4n) is 4.50. The van der Waals surface area contributed by atoms with Crippen molar-refractivity contribution in [1.82, 2.24) is 4.98 Å². The standard InChI is InChI=1S/C23H27N3O3S/c1-23(24,20-14-28-21-17(27-2)7-5-8-18(21)29-20)15-10-12-26(13-11-15)22-25-16-6-3-4-9-19(16)30-22/h3-9,15,20H,10-14,24H2,1-2H3. The number of hydrogen-bond acceptors (Lipinski definition) is 7. The SMILES string of the molecule is COc1cccc2c1OCC(C(C)(N)C1CCN(c3nc4ccccc4s3)CC1)O2. The van der Waals surface area contributed by atoms with Gasteiger partial charge < -0.3 is 24.8 Å². The summed E-state index contributed by atoms with van der Waals surface area (Å²) in [5.74, 6) is 2.41. The Hall–Kier alpha value is -2.51. The lowest BCUT2D eigenvalue weighted by molar-refractivity contribution is 0.00803. The highest BCUT2D eigenvalue weighted by Gasteiger charge is 2.43. The van der Waals surface area contributed by atoms with Crippen LogP contribution in [0, 0.1) is 5.92 Å². The van der Waals surface area contributed by atoms with E-state index in [0.717, 1.165) is 36.6 Å². The number of hydrogen-bond donors (Lipinski definition) is 1. The molecule has 0 amide bonds. The molecule has 2 aliphatic rings. The minimum absolute atomic E-state index is 0.198. The van der Waals surface area contributed by atoms with Gasteiger partial charge in [0, 0.05) is 13.1 Å². The summed E-state index contributed by atoms with van der Waals surface area (Å²) in [5, 5.41) is 1.10. The average Bonchev–Trinajstić information content (AvgIpc) is 3.22. The quantitative estimate of drug-likeness (QED) is 0.679. The van der Waals surface area contributed by atoms with Gasteiger partial charge in [0.2, 0.25) is 5.75 Å². The Bertz CT molecular complexity index is 1010. The number of fused-ring (bicyclic) bond motifs is 2. The van der Waals surface area contributed by atoms with E-state index in [0.29, 0.717) is 29.8 Å². The molecular weight excluding hydrogens is 398 g/mol. The van der Waals surface area contributed by atoms with E-state index >= 15 is 0 Å². The maximum atomic E-state index is 6.87. The minimum Gasteiger partial charge on any atom is -0.493 e. The highest BCUT2D eigenvalue weighted by molar-refractivity contribution is 7.22. The number of nitrogens with zero attached hydrogens (tertiary/aromatic N) is 2. The molecule has 2 unspecified atom stereocenters. The van der Waals surface area contributed by atoms with Gasteiger partial charge in [-0.05, 0) is 49.9 Å². The van der Waals surface area contributed by atoms with Crippen LogP contribution in [0.1, 0.15) is 19.8 Å². The predicted molar refractivity (Wildman–Crippen MR) is 120 cm³/mol. The van der Waals surface area contributed by atoms with Gasteiger partial charge in [0.25, 0.3) is 0 Å². The molecule has 1 saturated heterocycles. The van der Waals surface area contributed by atoms with Crippen molar-refractivity contribution in [3.8, 4) is 17.2 Å². The fraction of sp³-hybridized carbons (Fsp3) is 0.435. The third-order valence-electron chi connectivity index (χ3n) is 6.43. The van der Waals surface area contributed by atoms with Crippen LogP contribution in [0.15, 0.2) is 42.5 Å². The summed E-state index contributed by atoms with van der Waals surface area (Å²) in [6.45, 7) is 4.44. The molecule has 3 aromatic rings. The van der Waals surface area contributed by atoms with E-state index in [9.17, 15) is 0 Å². The molecule has 1 fully saturated rings. The van der Waals surface area contributed by atoms with Crippen LogP contribution in [0.2, 0.25) is 0 Å². The molecule has 0 saturated carbocycles. The monoisotopic (exact) mass is 425 g/mol. The Morgan fingerprint density at radius 1 is 1.17 bits per heavy atom. The van der Waals surface area contributed by atoms with E-state index in [1.54, 1.807) is 18.4 Å². The number of ether oxygens (including phenoxy) is 3. The Morgan fingerprint density at radius 2 is 1.97 bits per heavy atom. The molecule has 2 N–H and O–H groups in total. The van der Waals surface area contributed by atoms with Gasteiger partial charge in [-0.2, -0.15) is 0 Å². The van der Waals surface area contributed by atoms with Crippen LogP contribution in [-0.2, 0) is 0 Å². The molecule has 7 heteroatoms. The number of piperidine rings is 1. The van der Waals surface area contributed by atoms with Crippen LogP contribution in [0.25, 0.3) is 10.2 Å². The lowest BCUT2D eigenvalue weighted by Gasteiger charge is -2.45. The second kappa shape index (κ2) is 7.63. The number of benzene rings is 2. The minimum atomic E-state index is -0.486. The zero-order chi connectivity index (χ0) is 20.7. The third-order valence-corrected chi connectivity index (χ3v) is 7.53. The van der Waals surface area contributed by atoms with Gasteiger partial charge in [-0.15, -0.1) is 0 Å². The van der Waals surface area contributed by atoms with Gasteiger partial charge in [-0.1, -0.05) is 29.5 Å². The summed E-state index contributed by atoms with van der Waals surface area (Å²) < 4.78 is 18.9. The number of para-hydroxylation sites is 2. The Kier molecular flexibility index (Phi) is 4.95.